The number of alkyl halides is 3. The predicted molar refractivity (Wildman–Crippen MR) is 61.0 cm³/mol. The highest BCUT2D eigenvalue weighted by Gasteiger charge is 2.62. The molecule has 0 aromatic rings. The van der Waals surface area contributed by atoms with E-state index in [1.165, 1.54) is 0 Å². The van der Waals surface area contributed by atoms with E-state index in [-0.39, 0.29) is 19.5 Å². The lowest BCUT2D eigenvalue weighted by Crippen LogP contribution is -2.57. The lowest BCUT2D eigenvalue weighted by molar-refractivity contribution is -0.216. The van der Waals surface area contributed by atoms with Crippen LogP contribution in [0.25, 0.3) is 0 Å². The van der Waals surface area contributed by atoms with Gasteiger partial charge in [-0.2, -0.15) is 13.2 Å². The van der Waals surface area contributed by atoms with E-state index in [1.54, 1.807) is 0 Å². The molecule has 1 unspecified atom stereocenters. The third-order valence-electron chi connectivity index (χ3n) is 4.26. The highest BCUT2D eigenvalue weighted by molar-refractivity contribution is 5.85. The number of nitrogens with one attached hydrogen (secondary N) is 2. The van der Waals surface area contributed by atoms with Crippen LogP contribution in [-0.2, 0) is 4.79 Å². The molecule has 1 heterocycles. The summed E-state index contributed by atoms with van der Waals surface area (Å²) < 4.78 is 39.5. The first-order valence-corrected chi connectivity index (χ1v) is 6.39. The van der Waals surface area contributed by atoms with Crippen LogP contribution in [-0.4, -0.2) is 30.7 Å². The van der Waals surface area contributed by atoms with E-state index in [0.717, 1.165) is 25.7 Å². The zero-order chi connectivity index (χ0) is 13.4. The van der Waals surface area contributed by atoms with Gasteiger partial charge in [0.1, 0.15) is 0 Å². The van der Waals surface area contributed by atoms with Gasteiger partial charge in [-0.15, -0.1) is 0 Å². The van der Waals surface area contributed by atoms with Crippen LogP contribution in [0.2, 0.25) is 0 Å². The number of halogens is 3. The van der Waals surface area contributed by atoms with Gasteiger partial charge in [-0.1, -0.05) is 12.8 Å². The number of hydrogen-bond donors (Lipinski definition) is 2. The van der Waals surface area contributed by atoms with Crippen molar-refractivity contribution in [3.05, 3.63) is 0 Å². The van der Waals surface area contributed by atoms with E-state index in [4.69, 9.17) is 0 Å². The van der Waals surface area contributed by atoms with Crippen molar-refractivity contribution < 1.29 is 18.0 Å². The van der Waals surface area contributed by atoms with Gasteiger partial charge >= 0.3 is 6.18 Å². The third-order valence-corrected chi connectivity index (χ3v) is 4.26. The summed E-state index contributed by atoms with van der Waals surface area (Å²) in [5.74, 6) is -0.857. The Morgan fingerprint density at radius 1 is 1.22 bits per heavy atom. The molecule has 1 saturated carbocycles. The van der Waals surface area contributed by atoms with E-state index >= 15 is 0 Å². The van der Waals surface area contributed by atoms with Crippen molar-refractivity contribution in [3.8, 4) is 0 Å². The third kappa shape index (κ3) is 2.22. The summed E-state index contributed by atoms with van der Waals surface area (Å²) in [5, 5.41) is 5.30. The van der Waals surface area contributed by atoms with Crippen molar-refractivity contribution in [2.45, 2.75) is 50.7 Å². The number of carbonyl (C=O) groups is 1. The molecule has 104 valence electrons. The monoisotopic (exact) mass is 264 g/mol. The van der Waals surface area contributed by atoms with Gasteiger partial charge in [0.05, 0.1) is 0 Å². The van der Waals surface area contributed by atoms with Crippen molar-refractivity contribution in [2.24, 2.45) is 5.41 Å². The number of carbonyl (C=O) groups excluding carboxylic acids is 1. The Hall–Kier alpha value is -0.780. The second kappa shape index (κ2) is 4.40. The lowest BCUT2D eigenvalue weighted by atomic mass is 9.84. The lowest BCUT2D eigenvalue weighted by Gasteiger charge is -2.34. The van der Waals surface area contributed by atoms with Gasteiger partial charge in [0.2, 0.25) is 5.91 Å². The molecule has 1 aliphatic carbocycles. The number of hydrogen-bond acceptors (Lipinski definition) is 2. The first-order valence-electron chi connectivity index (χ1n) is 6.39. The van der Waals surface area contributed by atoms with Crippen LogP contribution in [0, 0.1) is 5.41 Å². The number of rotatable bonds is 2. The van der Waals surface area contributed by atoms with E-state index in [0.29, 0.717) is 0 Å². The molecule has 3 nitrogen and oxygen atoms in total. The molecule has 1 atom stereocenters. The molecule has 1 saturated heterocycles. The van der Waals surface area contributed by atoms with Crippen LogP contribution in [0.3, 0.4) is 0 Å². The first-order chi connectivity index (χ1) is 8.29. The molecule has 1 amide bonds. The van der Waals surface area contributed by atoms with E-state index < -0.39 is 23.0 Å². The van der Waals surface area contributed by atoms with E-state index in [2.05, 4.69) is 10.6 Å². The Labute approximate surface area is 104 Å². The quantitative estimate of drug-likeness (QED) is 0.800. The van der Waals surface area contributed by atoms with E-state index in [9.17, 15) is 18.0 Å². The van der Waals surface area contributed by atoms with Gasteiger partial charge in [0, 0.05) is 12.1 Å². The summed E-state index contributed by atoms with van der Waals surface area (Å²) in [6.07, 6.45) is -1.20. The predicted octanol–water partition coefficient (Wildman–Crippen LogP) is 1.98. The zero-order valence-electron chi connectivity index (χ0n) is 10.5. The van der Waals surface area contributed by atoms with E-state index in [1.807, 2.05) is 6.92 Å². The van der Waals surface area contributed by atoms with Crippen LogP contribution in [0.5, 0.6) is 0 Å². The molecule has 2 aliphatic rings. The second-order valence-electron chi connectivity index (χ2n) is 5.73. The summed E-state index contributed by atoms with van der Waals surface area (Å²) >= 11 is 0. The second-order valence-corrected chi connectivity index (χ2v) is 5.73. The summed E-state index contributed by atoms with van der Waals surface area (Å²) in [7, 11) is 0. The highest BCUT2D eigenvalue weighted by Crippen LogP contribution is 2.44. The van der Waals surface area contributed by atoms with Crippen molar-refractivity contribution in [1.82, 2.24) is 10.6 Å². The molecule has 2 N–H and O–H groups in total. The summed E-state index contributed by atoms with van der Waals surface area (Å²) in [4.78, 5) is 12.1. The summed E-state index contributed by atoms with van der Waals surface area (Å²) in [5.41, 5.74) is -2.70. The zero-order valence-corrected chi connectivity index (χ0v) is 10.5. The van der Waals surface area contributed by atoms with Crippen LogP contribution in [0.1, 0.15) is 39.0 Å². The van der Waals surface area contributed by atoms with Gasteiger partial charge in [-0.05, 0) is 32.7 Å². The molecule has 1 aliphatic heterocycles. The van der Waals surface area contributed by atoms with Gasteiger partial charge in [-0.25, -0.2) is 0 Å². The van der Waals surface area contributed by atoms with Crippen LogP contribution in [0.4, 0.5) is 13.2 Å². The molecule has 0 spiro atoms. The van der Waals surface area contributed by atoms with Crippen molar-refractivity contribution >= 4 is 5.91 Å². The average Bonchev–Trinajstić information content (AvgIpc) is 2.85. The van der Waals surface area contributed by atoms with Gasteiger partial charge in [-0.3, -0.25) is 4.79 Å². The fourth-order valence-electron chi connectivity index (χ4n) is 2.93. The molecule has 2 rings (SSSR count). The largest absolute Gasteiger partial charge is 0.404 e. The minimum absolute atomic E-state index is 0.168. The molecule has 0 aromatic carbocycles. The first kappa shape index (κ1) is 13.6. The Morgan fingerprint density at radius 3 is 2.28 bits per heavy atom. The maximum absolute atomic E-state index is 13.2. The van der Waals surface area contributed by atoms with Gasteiger partial charge in [0.15, 0.2) is 5.41 Å². The van der Waals surface area contributed by atoms with Crippen molar-refractivity contribution in [2.75, 3.05) is 13.1 Å². The highest BCUT2D eigenvalue weighted by atomic mass is 19.4. The molecule has 0 aromatic heterocycles. The van der Waals surface area contributed by atoms with Crippen LogP contribution >= 0.6 is 0 Å². The fraction of sp³-hybridized carbons (Fsp3) is 0.917. The Morgan fingerprint density at radius 2 is 1.83 bits per heavy atom. The molecule has 2 fully saturated rings. The smallest absolute Gasteiger partial charge is 0.350 e. The van der Waals surface area contributed by atoms with Crippen molar-refractivity contribution in [3.63, 3.8) is 0 Å². The molecular weight excluding hydrogens is 245 g/mol. The Bertz CT molecular complexity index is 329. The summed E-state index contributed by atoms with van der Waals surface area (Å²) in [6, 6.07) is 0. The summed E-state index contributed by atoms with van der Waals surface area (Å²) in [6.45, 7) is 1.77. The van der Waals surface area contributed by atoms with Crippen LogP contribution < -0.4 is 10.6 Å². The molecule has 0 radical (unpaired) electrons. The average molecular weight is 264 g/mol. The Kier molecular flexibility index (Phi) is 3.34. The SMILES string of the molecule is CC1(NC(=O)C2(C(F)(F)F)CCNC2)CCCC1. The minimum atomic E-state index is -4.49. The minimum Gasteiger partial charge on any atom is -0.350 e. The standard InChI is InChI=1S/C12H19F3N2O/c1-10(4-2-3-5-10)17-9(18)11(12(13,14)15)6-7-16-8-11/h16H,2-8H2,1H3,(H,17,18). The number of amides is 1. The van der Waals surface area contributed by atoms with Gasteiger partial charge in [0.25, 0.3) is 0 Å². The molecule has 18 heavy (non-hydrogen) atoms. The maximum Gasteiger partial charge on any atom is 0.404 e. The van der Waals surface area contributed by atoms with Gasteiger partial charge < -0.3 is 10.6 Å². The normalized spacial score (nSPS) is 31.6. The Balaban J connectivity index is 2.14. The molecule has 0 bridgehead atoms. The van der Waals surface area contributed by atoms with Crippen LogP contribution in [0.15, 0.2) is 0 Å². The fourth-order valence-corrected chi connectivity index (χ4v) is 2.93. The molecule has 6 heteroatoms. The maximum atomic E-state index is 13.2. The topological polar surface area (TPSA) is 41.1 Å². The molecular formula is C12H19F3N2O. The van der Waals surface area contributed by atoms with Crippen molar-refractivity contribution in [1.29, 1.82) is 0 Å².